The number of halogens is 2. The summed E-state index contributed by atoms with van der Waals surface area (Å²) in [5, 5.41) is 17.2. The summed E-state index contributed by atoms with van der Waals surface area (Å²) in [6, 6.07) is 19.5. The van der Waals surface area contributed by atoms with E-state index in [2.05, 4.69) is 15.9 Å². The summed E-state index contributed by atoms with van der Waals surface area (Å²) >= 11 is 3.47. The number of aromatic hydroxyl groups is 1. The van der Waals surface area contributed by atoms with E-state index in [0.717, 1.165) is 27.1 Å². The van der Waals surface area contributed by atoms with Gasteiger partial charge in [-0.2, -0.15) is 5.10 Å². The first-order valence-electron chi connectivity index (χ1n) is 8.96. The summed E-state index contributed by atoms with van der Waals surface area (Å²) in [7, 11) is 0. The lowest BCUT2D eigenvalue weighted by atomic mass is 9.96. The standard InChI is InChI=1S/C22H16BrFN2O2/c23-14-7-10-20(27)17(11-14)22-26-19(16-3-1-2-4-21(16)28-22)12-18(25-26)13-5-8-15(24)9-6-13/h1-11,19,22,27H,12H2/t19-,22+/m1/s1. The molecule has 2 aliphatic heterocycles. The first-order chi connectivity index (χ1) is 13.6. The highest BCUT2D eigenvalue weighted by molar-refractivity contribution is 9.10. The Morgan fingerprint density at radius 2 is 1.82 bits per heavy atom. The van der Waals surface area contributed by atoms with Crippen LogP contribution >= 0.6 is 15.9 Å². The first kappa shape index (κ1) is 17.3. The number of benzene rings is 3. The maximum Gasteiger partial charge on any atom is 0.217 e. The number of para-hydroxylation sites is 1. The minimum absolute atomic E-state index is 0.0200. The molecule has 0 fully saturated rings. The Morgan fingerprint density at radius 1 is 1.04 bits per heavy atom. The zero-order valence-corrected chi connectivity index (χ0v) is 16.3. The van der Waals surface area contributed by atoms with E-state index < -0.39 is 6.23 Å². The van der Waals surface area contributed by atoms with E-state index in [4.69, 9.17) is 9.84 Å². The average Bonchev–Trinajstić information content (AvgIpc) is 3.15. The van der Waals surface area contributed by atoms with Crippen molar-refractivity contribution < 1.29 is 14.2 Å². The van der Waals surface area contributed by atoms with Crippen molar-refractivity contribution in [1.82, 2.24) is 5.01 Å². The van der Waals surface area contributed by atoms with Crippen LogP contribution in [0.1, 0.15) is 35.4 Å². The highest BCUT2D eigenvalue weighted by Gasteiger charge is 2.41. The van der Waals surface area contributed by atoms with Gasteiger partial charge in [-0.1, -0.05) is 46.3 Å². The molecule has 4 nitrogen and oxygen atoms in total. The predicted octanol–water partition coefficient (Wildman–Crippen LogP) is 5.54. The number of hydrazone groups is 1. The monoisotopic (exact) mass is 438 g/mol. The second kappa shape index (κ2) is 6.63. The minimum Gasteiger partial charge on any atom is -0.507 e. The molecule has 0 aliphatic carbocycles. The molecule has 0 aromatic heterocycles. The van der Waals surface area contributed by atoms with Gasteiger partial charge in [0.25, 0.3) is 0 Å². The van der Waals surface area contributed by atoms with Crippen molar-refractivity contribution >= 4 is 21.6 Å². The van der Waals surface area contributed by atoms with Crippen LogP contribution < -0.4 is 4.74 Å². The van der Waals surface area contributed by atoms with E-state index in [0.29, 0.717) is 12.0 Å². The van der Waals surface area contributed by atoms with E-state index in [1.165, 1.54) is 12.1 Å². The van der Waals surface area contributed by atoms with Crippen LogP contribution in [0.3, 0.4) is 0 Å². The summed E-state index contributed by atoms with van der Waals surface area (Å²) < 4.78 is 20.4. The fourth-order valence-corrected chi connectivity index (χ4v) is 4.16. The fraction of sp³-hybridized carbons (Fsp3) is 0.136. The highest BCUT2D eigenvalue weighted by Crippen LogP contribution is 2.48. The lowest BCUT2D eigenvalue weighted by Gasteiger charge is -2.38. The molecule has 2 aliphatic rings. The van der Waals surface area contributed by atoms with Gasteiger partial charge >= 0.3 is 0 Å². The number of ether oxygens (including phenoxy) is 1. The number of rotatable bonds is 2. The summed E-state index contributed by atoms with van der Waals surface area (Å²) in [6.07, 6.45) is 0.118. The quantitative estimate of drug-likeness (QED) is 0.571. The van der Waals surface area contributed by atoms with Gasteiger partial charge in [0.2, 0.25) is 6.23 Å². The molecule has 2 heterocycles. The lowest BCUT2D eigenvalue weighted by molar-refractivity contribution is -0.0203. The largest absolute Gasteiger partial charge is 0.507 e. The summed E-state index contributed by atoms with van der Waals surface area (Å²) in [5.74, 6) is 0.658. The Hall–Kier alpha value is -2.86. The van der Waals surface area contributed by atoms with Gasteiger partial charge in [-0.15, -0.1) is 0 Å². The van der Waals surface area contributed by atoms with E-state index in [-0.39, 0.29) is 17.6 Å². The van der Waals surface area contributed by atoms with Gasteiger partial charge in [0, 0.05) is 16.5 Å². The topological polar surface area (TPSA) is 45.1 Å². The zero-order chi connectivity index (χ0) is 19.3. The van der Waals surface area contributed by atoms with Crippen molar-refractivity contribution in [3.05, 3.63) is 93.7 Å². The van der Waals surface area contributed by atoms with Crippen LogP contribution in [0.25, 0.3) is 0 Å². The summed E-state index contributed by atoms with van der Waals surface area (Å²) in [4.78, 5) is 0. The van der Waals surface area contributed by atoms with Crippen LogP contribution in [0.4, 0.5) is 4.39 Å². The maximum absolute atomic E-state index is 13.3. The molecule has 6 heteroatoms. The van der Waals surface area contributed by atoms with Gasteiger partial charge < -0.3 is 9.84 Å². The highest BCUT2D eigenvalue weighted by atomic mass is 79.9. The van der Waals surface area contributed by atoms with Crippen molar-refractivity contribution in [1.29, 1.82) is 0 Å². The number of fused-ring (bicyclic) bond motifs is 3. The van der Waals surface area contributed by atoms with Gasteiger partial charge in [-0.3, -0.25) is 0 Å². The van der Waals surface area contributed by atoms with Crippen molar-refractivity contribution in [2.75, 3.05) is 0 Å². The van der Waals surface area contributed by atoms with E-state index in [1.807, 2.05) is 35.3 Å². The summed E-state index contributed by atoms with van der Waals surface area (Å²) in [5.41, 5.74) is 3.43. The van der Waals surface area contributed by atoms with E-state index >= 15 is 0 Å². The number of nitrogens with zero attached hydrogens (tertiary/aromatic N) is 2. The fourth-order valence-electron chi connectivity index (χ4n) is 3.78. The van der Waals surface area contributed by atoms with Crippen LogP contribution in [-0.2, 0) is 0 Å². The molecule has 1 N–H and O–H groups in total. The van der Waals surface area contributed by atoms with Gasteiger partial charge in [0.15, 0.2) is 0 Å². The molecule has 5 rings (SSSR count). The first-order valence-corrected chi connectivity index (χ1v) is 9.75. The molecule has 0 amide bonds. The van der Waals surface area contributed by atoms with Gasteiger partial charge in [-0.05, 0) is 42.0 Å². The molecule has 3 aromatic rings. The van der Waals surface area contributed by atoms with Crippen LogP contribution in [0.5, 0.6) is 11.5 Å². The molecular weight excluding hydrogens is 423 g/mol. The molecule has 28 heavy (non-hydrogen) atoms. The number of hydrogen-bond acceptors (Lipinski definition) is 4. The molecule has 0 bridgehead atoms. The van der Waals surface area contributed by atoms with Gasteiger partial charge in [0.05, 0.1) is 17.3 Å². The Morgan fingerprint density at radius 3 is 2.64 bits per heavy atom. The number of phenolic OH excluding ortho intramolecular Hbond substituents is 1. The zero-order valence-electron chi connectivity index (χ0n) is 14.7. The predicted molar refractivity (Wildman–Crippen MR) is 108 cm³/mol. The summed E-state index contributed by atoms with van der Waals surface area (Å²) in [6.45, 7) is 0. The van der Waals surface area contributed by atoms with E-state index in [1.54, 1.807) is 24.3 Å². The van der Waals surface area contributed by atoms with Crippen molar-refractivity contribution in [3.63, 3.8) is 0 Å². The Balaban J connectivity index is 1.62. The van der Waals surface area contributed by atoms with Crippen molar-refractivity contribution in [3.8, 4) is 11.5 Å². The lowest BCUT2D eigenvalue weighted by Crippen LogP contribution is -2.33. The second-order valence-electron chi connectivity index (χ2n) is 6.86. The molecule has 2 atom stereocenters. The Kier molecular flexibility index (Phi) is 4.09. The minimum atomic E-state index is -0.560. The Labute approximate surface area is 170 Å². The third kappa shape index (κ3) is 2.85. The van der Waals surface area contributed by atoms with E-state index in [9.17, 15) is 9.50 Å². The van der Waals surface area contributed by atoms with Crippen molar-refractivity contribution in [2.45, 2.75) is 18.7 Å². The van der Waals surface area contributed by atoms with Gasteiger partial charge in [0.1, 0.15) is 17.3 Å². The van der Waals surface area contributed by atoms with Crippen LogP contribution in [0, 0.1) is 5.82 Å². The molecule has 0 unspecified atom stereocenters. The van der Waals surface area contributed by atoms with Crippen LogP contribution in [0.2, 0.25) is 0 Å². The molecule has 140 valence electrons. The molecule has 0 spiro atoms. The average molecular weight is 439 g/mol. The van der Waals surface area contributed by atoms with Crippen LogP contribution in [0.15, 0.2) is 76.3 Å². The molecule has 3 aromatic carbocycles. The second-order valence-corrected chi connectivity index (χ2v) is 7.78. The van der Waals surface area contributed by atoms with Gasteiger partial charge in [-0.25, -0.2) is 9.40 Å². The number of hydrogen-bond donors (Lipinski definition) is 1. The maximum atomic E-state index is 13.3. The smallest absolute Gasteiger partial charge is 0.217 e. The molecule has 0 saturated heterocycles. The molecule has 0 saturated carbocycles. The van der Waals surface area contributed by atoms with Crippen molar-refractivity contribution in [2.24, 2.45) is 5.10 Å². The third-order valence-electron chi connectivity index (χ3n) is 5.13. The molecule has 0 radical (unpaired) electrons. The number of phenols is 1. The Bertz CT molecular complexity index is 1080. The molecular formula is C22H16BrFN2O2. The normalized spacial score (nSPS) is 20.2. The third-order valence-corrected chi connectivity index (χ3v) is 5.63. The van der Waals surface area contributed by atoms with Crippen LogP contribution in [-0.4, -0.2) is 15.8 Å². The SMILES string of the molecule is Oc1ccc(Br)cc1[C@@H]1Oc2ccccc2[C@H]2CC(c3ccc(F)cc3)=NN21.